The van der Waals surface area contributed by atoms with Crippen LogP contribution >= 0.6 is 0 Å². The van der Waals surface area contributed by atoms with Crippen LogP contribution in [0.15, 0.2) is 0 Å². The SMILES string of the molecule is CCC(C)(CN)C(=O)NC1CCC(N)CC1. The molecule has 4 nitrogen and oxygen atoms in total. The van der Waals surface area contributed by atoms with Crippen molar-refractivity contribution in [2.75, 3.05) is 6.54 Å². The lowest BCUT2D eigenvalue weighted by Gasteiger charge is -2.31. The Kier molecular flexibility index (Phi) is 4.74. The summed E-state index contributed by atoms with van der Waals surface area (Å²) in [5.74, 6) is 0.0953. The van der Waals surface area contributed by atoms with Crippen molar-refractivity contribution in [3.05, 3.63) is 0 Å². The summed E-state index contributed by atoms with van der Waals surface area (Å²) in [5.41, 5.74) is 11.1. The quantitative estimate of drug-likeness (QED) is 0.663. The van der Waals surface area contributed by atoms with Gasteiger partial charge in [-0.2, -0.15) is 0 Å². The molecule has 0 aromatic heterocycles. The lowest BCUT2D eigenvalue weighted by atomic mass is 9.85. The minimum atomic E-state index is -0.417. The Bertz CT molecular complexity index is 230. The van der Waals surface area contributed by atoms with Gasteiger partial charge in [0.1, 0.15) is 0 Å². The van der Waals surface area contributed by atoms with Crippen molar-refractivity contribution >= 4 is 5.91 Å². The van der Waals surface area contributed by atoms with Crippen molar-refractivity contribution in [3.8, 4) is 0 Å². The molecule has 0 aliphatic heterocycles. The number of rotatable bonds is 4. The molecule has 1 unspecified atom stereocenters. The summed E-state index contributed by atoms with van der Waals surface area (Å²) in [6, 6.07) is 0.616. The van der Waals surface area contributed by atoms with Crippen LogP contribution in [0.2, 0.25) is 0 Å². The zero-order chi connectivity index (χ0) is 12.2. The molecule has 0 radical (unpaired) electrons. The third-order valence-electron chi connectivity index (χ3n) is 3.89. The first-order chi connectivity index (χ1) is 7.51. The summed E-state index contributed by atoms with van der Waals surface area (Å²) in [5, 5.41) is 3.11. The molecular weight excluding hydrogens is 202 g/mol. The van der Waals surface area contributed by atoms with Crippen LogP contribution in [-0.4, -0.2) is 24.5 Å². The number of carbonyl (C=O) groups excluding carboxylic acids is 1. The van der Waals surface area contributed by atoms with Crippen LogP contribution in [-0.2, 0) is 4.79 Å². The standard InChI is InChI=1S/C12H25N3O/c1-3-12(2,8-13)11(16)15-10-6-4-9(14)5-7-10/h9-10H,3-8,13-14H2,1-2H3,(H,15,16). The average Bonchev–Trinajstić information content (AvgIpc) is 2.31. The van der Waals surface area contributed by atoms with Crippen LogP contribution in [0.25, 0.3) is 0 Å². The molecule has 1 aliphatic carbocycles. The molecule has 1 aliphatic rings. The maximum Gasteiger partial charge on any atom is 0.227 e. The number of nitrogens with one attached hydrogen (secondary N) is 1. The molecule has 1 atom stereocenters. The van der Waals surface area contributed by atoms with Crippen molar-refractivity contribution in [1.29, 1.82) is 0 Å². The smallest absolute Gasteiger partial charge is 0.227 e. The van der Waals surface area contributed by atoms with Crippen LogP contribution in [0.4, 0.5) is 0 Å². The summed E-state index contributed by atoms with van der Waals surface area (Å²) < 4.78 is 0. The van der Waals surface area contributed by atoms with E-state index in [2.05, 4.69) is 5.32 Å². The Morgan fingerprint density at radius 2 is 1.94 bits per heavy atom. The van der Waals surface area contributed by atoms with Gasteiger partial charge < -0.3 is 16.8 Å². The van der Waals surface area contributed by atoms with Crippen molar-refractivity contribution in [2.24, 2.45) is 16.9 Å². The molecular formula is C12H25N3O. The number of nitrogens with two attached hydrogens (primary N) is 2. The number of hydrogen-bond acceptors (Lipinski definition) is 3. The van der Waals surface area contributed by atoms with E-state index in [0.717, 1.165) is 32.1 Å². The number of hydrogen-bond donors (Lipinski definition) is 3. The molecule has 4 heteroatoms. The lowest BCUT2D eigenvalue weighted by Crippen LogP contribution is -2.49. The summed E-state index contributed by atoms with van der Waals surface area (Å²) in [7, 11) is 0. The molecule has 1 saturated carbocycles. The Morgan fingerprint density at radius 3 is 2.38 bits per heavy atom. The molecule has 0 aromatic carbocycles. The van der Waals surface area contributed by atoms with Crippen LogP contribution in [0, 0.1) is 5.41 Å². The second-order valence-electron chi connectivity index (χ2n) is 5.20. The van der Waals surface area contributed by atoms with Crippen LogP contribution in [0.1, 0.15) is 46.0 Å². The predicted octanol–water partition coefficient (Wildman–Crippen LogP) is 0.748. The Balaban J connectivity index is 2.45. The minimum absolute atomic E-state index is 0.0953. The first-order valence-corrected chi connectivity index (χ1v) is 6.28. The van der Waals surface area contributed by atoms with Crippen molar-refractivity contribution in [2.45, 2.75) is 58.0 Å². The molecule has 0 saturated heterocycles. The van der Waals surface area contributed by atoms with Gasteiger partial charge in [-0.05, 0) is 39.0 Å². The highest BCUT2D eigenvalue weighted by Crippen LogP contribution is 2.22. The number of amides is 1. The average molecular weight is 227 g/mol. The van der Waals surface area contributed by atoms with Crippen LogP contribution in [0.3, 0.4) is 0 Å². The van der Waals surface area contributed by atoms with Gasteiger partial charge in [-0.25, -0.2) is 0 Å². The van der Waals surface area contributed by atoms with E-state index in [0.29, 0.717) is 18.6 Å². The molecule has 1 rings (SSSR count). The van der Waals surface area contributed by atoms with Crippen LogP contribution < -0.4 is 16.8 Å². The predicted molar refractivity (Wildman–Crippen MR) is 65.8 cm³/mol. The van der Waals surface area contributed by atoms with E-state index >= 15 is 0 Å². The molecule has 0 heterocycles. The zero-order valence-electron chi connectivity index (χ0n) is 10.5. The Labute approximate surface area is 98.1 Å². The van der Waals surface area contributed by atoms with Gasteiger partial charge in [-0.1, -0.05) is 6.92 Å². The van der Waals surface area contributed by atoms with E-state index in [1.807, 2.05) is 13.8 Å². The molecule has 16 heavy (non-hydrogen) atoms. The van der Waals surface area contributed by atoms with Gasteiger partial charge in [0.15, 0.2) is 0 Å². The summed E-state index contributed by atoms with van der Waals surface area (Å²) in [4.78, 5) is 12.1. The van der Waals surface area contributed by atoms with Gasteiger partial charge in [0.05, 0.1) is 5.41 Å². The summed E-state index contributed by atoms with van der Waals surface area (Å²) >= 11 is 0. The fourth-order valence-electron chi connectivity index (χ4n) is 2.02. The highest BCUT2D eigenvalue weighted by Gasteiger charge is 2.31. The van der Waals surface area contributed by atoms with Gasteiger partial charge >= 0.3 is 0 Å². The Hall–Kier alpha value is -0.610. The number of carbonyl (C=O) groups is 1. The molecule has 94 valence electrons. The highest BCUT2D eigenvalue weighted by molar-refractivity contribution is 5.82. The maximum atomic E-state index is 12.1. The first kappa shape index (κ1) is 13.5. The monoisotopic (exact) mass is 227 g/mol. The summed E-state index contributed by atoms with van der Waals surface area (Å²) in [6.45, 7) is 4.34. The molecule has 5 N–H and O–H groups in total. The largest absolute Gasteiger partial charge is 0.353 e. The van der Waals surface area contributed by atoms with E-state index in [-0.39, 0.29) is 5.91 Å². The maximum absolute atomic E-state index is 12.1. The molecule has 0 aromatic rings. The summed E-state index contributed by atoms with van der Waals surface area (Å²) in [6.07, 6.45) is 4.79. The van der Waals surface area contributed by atoms with Gasteiger partial charge in [-0.15, -0.1) is 0 Å². The normalized spacial score (nSPS) is 29.5. The van der Waals surface area contributed by atoms with Gasteiger partial charge in [0.25, 0.3) is 0 Å². The molecule has 0 spiro atoms. The molecule has 1 amide bonds. The van der Waals surface area contributed by atoms with Crippen molar-refractivity contribution in [3.63, 3.8) is 0 Å². The highest BCUT2D eigenvalue weighted by atomic mass is 16.2. The van der Waals surface area contributed by atoms with E-state index in [9.17, 15) is 4.79 Å². The third-order valence-corrected chi connectivity index (χ3v) is 3.89. The van der Waals surface area contributed by atoms with Gasteiger partial charge in [0.2, 0.25) is 5.91 Å². The van der Waals surface area contributed by atoms with Crippen molar-refractivity contribution in [1.82, 2.24) is 5.32 Å². The topological polar surface area (TPSA) is 81.1 Å². The van der Waals surface area contributed by atoms with Gasteiger partial charge in [-0.3, -0.25) is 4.79 Å². The van der Waals surface area contributed by atoms with E-state index in [1.54, 1.807) is 0 Å². The van der Waals surface area contributed by atoms with E-state index in [1.165, 1.54) is 0 Å². The first-order valence-electron chi connectivity index (χ1n) is 6.28. The Morgan fingerprint density at radius 1 is 1.38 bits per heavy atom. The molecule has 0 bridgehead atoms. The molecule has 1 fully saturated rings. The lowest BCUT2D eigenvalue weighted by molar-refractivity contribution is -0.130. The van der Waals surface area contributed by atoms with Crippen LogP contribution in [0.5, 0.6) is 0 Å². The fourth-order valence-corrected chi connectivity index (χ4v) is 2.02. The fraction of sp³-hybridized carbons (Fsp3) is 0.917. The van der Waals surface area contributed by atoms with E-state index in [4.69, 9.17) is 11.5 Å². The van der Waals surface area contributed by atoms with Gasteiger partial charge in [0, 0.05) is 18.6 Å². The van der Waals surface area contributed by atoms with E-state index < -0.39 is 5.41 Å². The third kappa shape index (κ3) is 3.19. The zero-order valence-corrected chi connectivity index (χ0v) is 10.5. The van der Waals surface area contributed by atoms with Crippen molar-refractivity contribution < 1.29 is 4.79 Å². The minimum Gasteiger partial charge on any atom is -0.353 e. The second kappa shape index (κ2) is 5.64. The second-order valence-corrected chi connectivity index (χ2v) is 5.20.